The van der Waals surface area contributed by atoms with E-state index in [1.165, 1.54) is 6.07 Å². The first-order valence-electron chi connectivity index (χ1n) is 6.47. The Morgan fingerprint density at radius 3 is 2.65 bits per heavy atom. The minimum absolute atomic E-state index is 0.0542. The molecule has 0 amide bonds. The molecular formula is C15H17N3O2. The second-order valence-electron chi connectivity index (χ2n) is 4.49. The number of carboxylic acids is 1. The molecule has 0 aliphatic heterocycles. The van der Waals surface area contributed by atoms with Crippen LogP contribution in [0.4, 0.5) is 5.69 Å². The van der Waals surface area contributed by atoms with Gasteiger partial charge in [-0.1, -0.05) is 6.07 Å². The summed E-state index contributed by atoms with van der Waals surface area (Å²) in [6.07, 6.45) is 1.59. The zero-order chi connectivity index (χ0) is 14.5. The van der Waals surface area contributed by atoms with Gasteiger partial charge in [-0.05, 0) is 38.1 Å². The topological polar surface area (TPSA) is 66.3 Å². The fourth-order valence-electron chi connectivity index (χ4n) is 1.97. The number of pyridine rings is 2. The molecule has 0 aromatic carbocycles. The van der Waals surface area contributed by atoms with Crippen molar-refractivity contribution in [3.05, 3.63) is 53.6 Å². The molecule has 2 aromatic heterocycles. The molecule has 2 rings (SSSR count). The Kier molecular flexibility index (Phi) is 4.30. The molecule has 2 heterocycles. The third-order valence-corrected chi connectivity index (χ3v) is 3.01. The van der Waals surface area contributed by atoms with Crippen LogP contribution in [0.25, 0.3) is 0 Å². The highest BCUT2D eigenvalue weighted by Gasteiger charge is 2.09. The van der Waals surface area contributed by atoms with Gasteiger partial charge in [0.05, 0.1) is 24.1 Å². The molecule has 0 saturated carbocycles. The third kappa shape index (κ3) is 3.32. The number of carbonyl (C=O) groups is 1. The van der Waals surface area contributed by atoms with Crippen LogP contribution in [0.15, 0.2) is 36.5 Å². The van der Waals surface area contributed by atoms with E-state index in [-0.39, 0.29) is 5.69 Å². The van der Waals surface area contributed by atoms with Crippen molar-refractivity contribution in [3.63, 3.8) is 0 Å². The van der Waals surface area contributed by atoms with Gasteiger partial charge in [0.15, 0.2) is 0 Å². The number of aryl methyl sites for hydroxylation is 1. The predicted molar refractivity (Wildman–Crippen MR) is 76.9 cm³/mol. The number of aromatic nitrogens is 2. The summed E-state index contributed by atoms with van der Waals surface area (Å²) in [6.45, 7) is 5.47. The predicted octanol–water partition coefficient (Wildman–Crippen LogP) is 2.51. The standard InChI is InChI=1S/C15H17N3O2/c1-3-18(10-12-6-4-5-11(2)17-12)13-7-8-14(15(19)20)16-9-13/h4-9H,3,10H2,1-2H3,(H,19,20). The van der Waals surface area contributed by atoms with Crippen molar-refractivity contribution in [3.8, 4) is 0 Å². The first-order valence-corrected chi connectivity index (χ1v) is 6.47. The Bertz CT molecular complexity index is 596. The van der Waals surface area contributed by atoms with Crippen LogP contribution in [-0.2, 0) is 6.54 Å². The first-order chi connectivity index (χ1) is 9.60. The van der Waals surface area contributed by atoms with Gasteiger partial charge < -0.3 is 10.0 Å². The summed E-state index contributed by atoms with van der Waals surface area (Å²) in [5.74, 6) is -1.01. The number of hydrogen-bond donors (Lipinski definition) is 1. The van der Waals surface area contributed by atoms with Crippen molar-refractivity contribution in [2.24, 2.45) is 0 Å². The number of aromatic carboxylic acids is 1. The Morgan fingerprint density at radius 1 is 1.30 bits per heavy atom. The normalized spacial score (nSPS) is 10.3. The van der Waals surface area contributed by atoms with Gasteiger partial charge in [-0.2, -0.15) is 0 Å². The molecule has 0 unspecified atom stereocenters. The molecule has 20 heavy (non-hydrogen) atoms. The second-order valence-corrected chi connectivity index (χ2v) is 4.49. The van der Waals surface area contributed by atoms with Crippen molar-refractivity contribution < 1.29 is 9.90 Å². The van der Waals surface area contributed by atoms with Crippen molar-refractivity contribution in [2.45, 2.75) is 20.4 Å². The lowest BCUT2D eigenvalue weighted by atomic mass is 10.2. The van der Waals surface area contributed by atoms with Crippen LogP contribution in [0.3, 0.4) is 0 Å². The molecule has 2 aromatic rings. The van der Waals surface area contributed by atoms with Crippen LogP contribution in [0.1, 0.15) is 28.8 Å². The zero-order valence-electron chi connectivity index (χ0n) is 11.6. The molecule has 5 nitrogen and oxygen atoms in total. The van der Waals surface area contributed by atoms with Gasteiger partial charge >= 0.3 is 5.97 Å². The van der Waals surface area contributed by atoms with Crippen LogP contribution >= 0.6 is 0 Å². The molecule has 0 saturated heterocycles. The summed E-state index contributed by atoms with van der Waals surface area (Å²) in [4.78, 5) is 21.3. The van der Waals surface area contributed by atoms with Gasteiger partial charge in [-0.25, -0.2) is 9.78 Å². The van der Waals surface area contributed by atoms with Gasteiger partial charge in [-0.3, -0.25) is 4.98 Å². The highest BCUT2D eigenvalue weighted by molar-refractivity contribution is 5.85. The summed E-state index contributed by atoms with van der Waals surface area (Å²) >= 11 is 0. The molecule has 0 aliphatic rings. The quantitative estimate of drug-likeness (QED) is 0.905. The highest BCUT2D eigenvalue weighted by atomic mass is 16.4. The van der Waals surface area contributed by atoms with E-state index in [1.807, 2.05) is 32.0 Å². The SMILES string of the molecule is CCN(Cc1cccc(C)n1)c1ccc(C(=O)O)nc1. The zero-order valence-corrected chi connectivity index (χ0v) is 11.6. The number of anilines is 1. The van der Waals surface area contributed by atoms with E-state index < -0.39 is 5.97 Å². The van der Waals surface area contributed by atoms with Crippen LogP contribution in [0, 0.1) is 6.92 Å². The van der Waals surface area contributed by atoms with E-state index in [4.69, 9.17) is 5.11 Å². The van der Waals surface area contributed by atoms with Gasteiger partial charge in [0.1, 0.15) is 5.69 Å². The van der Waals surface area contributed by atoms with Crippen LogP contribution < -0.4 is 4.90 Å². The Morgan fingerprint density at radius 2 is 2.10 bits per heavy atom. The van der Waals surface area contributed by atoms with Gasteiger partial charge in [0.25, 0.3) is 0 Å². The molecular weight excluding hydrogens is 254 g/mol. The molecule has 5 heteroatoms. The fourth-order valence-corrected chi connectivity index (χ4v) is 1.97. The lowest BCUT2D eigenvalue weighted by Gasteiger charge is -2.22. The van der Waals surface area contributed by atoms with E-state index in [0.29, 0.717) is 6.54 Å². The van der Waals surface area contributed by atoms with E-state index in [1.54, 1.807) is 12.3 Å². The number of hydrogen-bond acceptors (Lipinski definition) is 4. The maximum atomic E-state index is 10.8. The molecule has 0 radical (unpaired) electrons. The fraction of sp³-hybridized carbons (Fsp3) is 0.267. The van der Waals surface area contributed by atoms with Crippen molar-refractivity contribution in [1.29, 1.82) is 0 Å². The maximum absolute atomic E-state index is 10.8. The summed E-state index contributed by atoms with van der Waals surface area (Å²) in [6, 6.07) is 9.22. The minimum atomic E-state index is -1.01. The molecule has 0 aliphatic carbocycles. The van der Waals surface area contributed by atoms with Crippen LogP contribution in [0.2, 0.25) is 0 Å². The lowest BCUT2D eigenvalue weighted by Crippen LogP contribution is -2.23. The largest absolute Gasteiger partial charge is 0.477 e. The van der Waals surface area contributed by atoms with Gasteiger partial charge in [0.2, 0.25) is 0 Å². The Hall–Kier alpha value is -2.43. The molecule has 0 fully saturated rings. The molecule has 0 atom stereocenters. The Labute approximate surface area is 117 Å². The first kappa shape index (κ1) is 14.0. The minimum Gasteiger partial charge on any atom is -0.477 e. The maximum Gasteiger partial charge on any atom is 0.354 e. The number of nitrogens with zero attached hydrogens (tertiary/aromatic N) is 3. The number of carboxylic acid groups (broad SMARTS) is 1. The summed E-state index contributed by atoms with van der Waals surface area (Å²) in [5.41, 5.74) is 2.91. The monoisotopic (exact) mass is 271 g/mol. The van der Waals surface area contributed by atoms with Crippen LogP contribution in [-0.4, -0.2) is 27.6 Å². The summed E-state index contributed by atoms with van der Waals surface area (Å²) < 4.78 is 0. The van der Waals surface area contributed by atoms with E-state index in [0.717, 1.165) is 23.6 Å². The van der Waals surface area contributed by atoms with E-state index >= 15 is 0 Å². The molecule has 1 N–H and O–H groups in total. The molecule has 0 spiro atoms. The van der Waals surface area contributed by atoms with E-state index in [2.05, 4.69) is 14.9 Å². The average molecular weight is 271 g/mol. The van der Waals surface area contributed by atoms with Gasteiger partial charge in [0, 0.05) is 12.2 Å². The summed E-state index contributed by atoms with van der Waals surface area (Å²) in [5, 5.41) is 8.85. The molecule has 0 bridgehead atoms. The smallest absolute Gasteiger partial charge is 0.354 e. The van der Waals surface area contributed by atoms with Gasteiger partial charge in [-0.15, -0.1) is 0 Å². The van der Waals surface area contributed by atoms with Crippen LogP contribution in [0.5, 0.6) is 0 Å². The van der Waals surface area contributed by atoms with Crippen molar-refractivity contribution >= 4 is 11.7 Å². The molecule has 104 valence electrons. The van der Waals surface area contributed by atoms with Crippen molar-refractivity contribution in [1.82, 2.24) is 9.97 Å². The van der Waals surface area contributed by atoms with Crippen molar-refractivity contribution in [2.75, 3.05) is 11.4 Å². The Balaban J connectivity index is 2.17. The van der Waals surface area contributed by atoms with E-state index in [9.17, 15) is 4.79 Å². The summed E-state index contributed by atoms with van der Waals surface area (Å²) in [7, 11) is 0. The average Bonchev–Trinajstić information content (AvgIpc) is 2.45. The number of rotatable bonds is 5. The second kappa shape index (κ2) is 6.14. The highest BCUT2D eigenvalue weighted by Crippen LogP contribution is 2.15. The third-order valence-electron chi connectivity index (χ3n) is 3.01. The lowest BCUT2D eigenvalue weighted by molar-refractivity contribution is 0.0690.